The van der Waals surface area contributed by atoms with Crippen LogP contribution in [-0.4, -0.2) is 61.0 Å². The van der Waals surface area contributed by atoms with E-state index >= 15 is 0 Å². The minimum Gasteiger partial charge on any atom is -0.290 e. The maximum Gasteiger partial charge on any atom is 0.265 e. The average Bonchev–Trinajstić information content (AvgIpc) is 2.63. The lowest BCUT2D eigenvalue weighted by atomic mass is 10.2. The number of carbonyl (C=O) groups is 2. The molecule has 0 aliphatic carbocycles. The third kappa shape index (κ3) is 4.13. The molecule has 0 unspecified atom stereocenters. The smallest absolute Gasteiger partial charge is 0.265 e. The molecular formula is C16H20N4O4S2. The van der Waals surface area contributed by atoms with Gasteiger partial charge >= 0.3 is 0 Å². The molecule has 1 aromatic carbocycles. The summed E-state index contributed by atoms with van der Waals surface area (Å²) in [7, 11) is -0.392. The molecule has 1 aliphatic rings. The van der Waals surface area contributed by atoms with Gasteiger partial charge < -0.3 is 0 Å². The maximum atomic E-state index is 12.2. The Morgan fingerprint density at radius 2 is 1.62 bits per heavy atom. The minimum absolute atomic E-state index is 0.0913. The number of hydrogen-bond donors (Lipinski definition) is 0. The van der Waals surface area contributed by atoms with Crippen LogP contribution >= 0.6 is 12.2 Å². The molecule has 26 heavy (non-hydrogen) atoms. The topological polar surface area (TPSA) is 99.5 Å². The Kier molecular flexibility index (Phi) is 6.19. The summed E-state index contributed by atoms with van der Waals surface area (Å²) in [4.78, 5) is 26.9. The lowest BCUT2D eigenvalue weighted by Gasteiger charge is -2.33. The first kappa shape index (κ1) is 20.1. The fourth-order valence-corrected chi connectivity index (χ4v) is 3.92. The molecule has 1 heterocycles. The van der Waals surface area contributed by atoms with Crippen molar-refractivity contribution in [2.45, 2.75) is 30.7 Å². The van der Waals surface area contributed by atoms with Gasteiger partial charge in [-0.15, -0.1) is 0 Å². The monoisotopic (exact) mass is 396 g/mol. The molecule has 8 nitrogen and oxygen atoms in total. The number of thiocarbonyl (C=S) groups is 1. The van der Waals surface area contributed by atoms with Gasteiger partial charge in [0.05, 0.1) is 16.3 Å². The molecule has 0 bridgehead atoms. The van der Waals surface area contributed by atoms with E-state index in [0.717, 1.165) is 6.42 Å². The number of carbonyl (C=O) groups excluding carboxylic acids is 2. The Morgan fingerprint density at radius 1 is 1.08 bits per heavy atom. The zero-order chi connectivity index (χ0) is 19.5. The normalized spacial score (nSPS) is 16.8. The van der Waals surface area contributed by atoms with Crippen molar-refractivity contribution >= 4 is 44.7 Å². The van der Waals surface area contributed by atoms with Gasteiger partial charge in [-0.3, -0.25) is 19.4 Å². The second-order valence-electron chi connectivity index (χ2n) is 5.86. The zero-order valence-electron chi connectivity index (χ0n) is 14.7. The van der Waals surface area contributed by atoms with Gasteiger partial charge in [-0.25, -0.2) is 8.42 Å². The quantitative estimate of drug-likeness (QED) is 0.416. The molecule has 1 aromatic rings. The highest BCUT2D eigenvalue weighted by Gasteiger charge is 2.40. The summed E-state index contributed by atoms with van der Waals surface area (Å²) < 4.78 is 24.3. The summed E-state index contributed by atoms with van der Waals surface area (Å²) >= 11 is 5.00. The van der Waals surface area contributed by atoms with Gasteiger partial charge in [0.15, 0.2) is 14.9 Å². The molecule has 0 spiro atoms. The molecule has 2 amide bonds. The first-order valence-electron chi connectivity index (χ1n) is 8.01. The summed E-state index contributed by atoms with van der Waals surface area (Å²) in [6, 6.07) is 4.55. The molecule has 1 fully saturated rings. The second kappa shape index (κ2) is 8.00. The number of benzene rings is 1. The van der Waals surface area contributed by atoms with E-state index in [1.165, 1.54) is 48.2 Å². The van der Waals surface area contributed by atoms with E-state index in [4.69, 9.17) is 12.2 Å². The first-order valence-corrected chi connectivity index (χ1v) is 10.1. The highest BCUT2D eigenvalue weighted by atomic mass is 32.2. The van der Waals surface area contributed by atoms with Crippen LogP contribution in [0, 0.1) is 0 Å². The minimum atomic E-state index is -3.32. The zero-order valence-corrected chi connectivity index (χ0v) is 16.4. The third-order valence-electron chi connectivity index (χ3n) is 3.95. The molecular weight excluding hydrogens is 376 g/mol. The van der Waals surface area contributed by atoms with Crippen LogP contribution in [0.5, 0.6) is 0 Å². The standard InChI is InChI=1S/C16H20N4O4S2/c1-4-5-10-26(23,24)12-8-6-11(7-9-12)17-18-13-14(21)19(2)16(25)20(3)15(13)22/h6-9,13H,4-5,10H2,1-3H3. The van der Waals surface area contributed by atoms with Crippen molar-refractivity contribution in [2.75, 3.05) is 19.8 Å². The van der Waals surface area contributed by atoms with Crippen molar-refractivity contribution in [1.29, 1.82) is 0 Å². The lowest BCUT2D eigenvalue weighted by molar-refractivity contribution is -0.141. The Morgan fingerprint density at radius 3 is 2.12 bits per heavy atom. The summed E-state index contributed by atoms with van der Waals surface area (Å²) in [5.74, 6) is -1.02. The van der Waals surface area contributed by atoms with Crippen molar-refractivity contribution in [3.63, 3.8) is 0 Å². The van der Waals surface area contributed by atoms with Gasteiger partial charge in [0.1, 0.15) is 0 Å². The summed E-state index contributed by atoms with van der Waals surface area (Å²) in [5, 5.41) is 7.83. The molecule has 10 heteroatoms. The third-order valence-corrected chi connectivity index (χ3v) is 6.32. The van der Waals surface area contributed by atoms with Crippen LogP contribution in [0.2, 0.25) is 0 Å². The SMILES string of the molecule is CCCCS(=O)(=O)c1ccc(N=NC2C(=O)N(C)C(=S)N(C)C2=O)cc1. The Hall–Kier alpha value is -2.20. The molecule has 0 N–H and O–H groups in total. The Balaban J connectivity index is 2.17. The molecule has 0 saturated carbocycles. The summed E-state index contributed by atoms with van der Waals surface area (Å²) in [5.41, 5.74) is 0.346. The van der Waals surface area contributed by atoms with Gasteiger partial charge in [0.2, 0.25) is 6.04 Å². The van der Waals surface area contributed by atoms with Crippen molar-refractivity contribution in [1.82, 2.24) is 9.80 Å². The van der Waals surface area contributed by atoms with Crippen LogP contribution < -0.4 is 0 Å². The Labute approximate surface area is 157 Å². The summed E-state index contributed by atoms with van der Waals surface area (Å²) in [6.07, 6.45) is 1.39. The van der Waals surface area contributed by atoms with Crippen LogP contribution in [0.3, 0.4) is 0 Å². The first-order chi connectivity index (χ1) is 12.2. The van der Waals surface area contributed by atoms with Gasteiger partial charge in [0.25, 0.3) is 11.8 Å². The van der Waals surface area contributed by atoms with Crippen molar-refractivity contribution in [2.24, 2.45) is 10.2 Å². The number of unbranched alkanes of at least 4 members (excludes halogenated alkanes) is 1. The molecule has 0 atom stereocenters. The predicted octanol–water partition coefficient (Wildman–Crippen LogP) is 1.93. The Bertz CT molecular complexity index is 826. The predicted molar refractivity (Wildman–Crippen MR) is 99.8 cm³/mol. The van der Waals surface area contributed by atoms with E-state index in [1.54, 1.807) is 0 Å². The highest BCUT2D eigenvalue weighted by molar-refractivity contribution is 7.91. The van der Waals surface area contributed by atoms with Crippen molar-refractivity contribution in [3.8, 4) is 0 Å². The van der Waals surface area contributed by atoms with Crippen LogP contribution in [0.25, 0.3) is 0 Å². The number of nitrogens with zero attached hydrogens (tertiary/aromatic N) is 4. The molecule has 2 rings (SSSR count). The second-order valence-corrected chi connectivity index (χ2v) is 8.34. The molecule has 140 valence electrons. The van der Waals surface area contributed by atoms with Crippen LogP contribution in [0.1, 0.15) is 19.8 Å². The molecule has 1 aliphatic heterocycles. The van der Waals surface area contributed by atoms with E-state index in [0.29, 0.717) is 12.1 Å². The van der Waals surface area contributed by atoms with Gasteiger partial charge in [0, 0.05) is 14.1 Å². The number of hydrogen-bond acceptors (Lipinski definition) is 7. The largest absolute Gasteiger partial charge is 0.290 e. The van der Waals surface area contributed by atoms with E-state index in [-0.39, 0.29) is 15.8 Å². The highest BCUT2D eigenvalue weighted by Crippen LogP contribution is 2.20. The molecule has 0 aromatic heterocycles. The number of sulfone groups is 1. The van der Waals surface area contributed by atoms with E-state index in [9.17, 15) is 18.0 Å². The van der Waals surface area contributed by atoms with E-state index < -0.39 is 27.7 Å². The van der Waals surface area contributed by atoms with Gasteiger partial charge in [-0.1, -0.05) is 13.3 Å². The number of likely N-dealkylation sites (N-methyl/N-ethyl adjacent to an activating group) is 2. The van der Waals surface area contributed by atoms with Gasteiger partial charge in [-0.05, 0) is 42.9 Å². The average molecular weight is 396 g/mol. The number of azo groups is 1. The molecule has 1 saturated heterocycles. The summed E-state index contributed by atoms with van der Waals surface area (Å²) in [6.45, 7) is 1.92. The lowest BCUT2D eigenvalue weighted by Crippen LogP contribution is -2.58. The maximum absolute atomic E-state index is 12.2. The number of rotatable bonds is 6. The van der Waals surface area contributed by atoms with Crippen molar-refractivity contribution < 1.29 is 18.0 Å². The van der Waals surface area contributed by atoms with E-state index in [2.05, 4.69) is 10.2 Å². The number of amides is 2. The van der Waals surface area contributed by atoms with Crippen LogP contribution in [-0.2, 0) is 19.4 Å². The molecule has 0 radical (unpaired) electrons. The fraction of sp³-hybridized carbons (Fsp3) is 0.438. The van der Waals surface area contributed by atoms with E-state index in [1.807, 2.05) is 6.92 Å². The van der Waals surface area contributed by atoms with Crippen molar-refractivity contribution in [3.05, 3.63) is 24.3 Å². The fourth-order valence-electron chi connectivity index (χ4n) is 2.28. The van der Waals surface area contributed by atoms with Gasteiger partial charge in [-0.2, -0.15) is 10.2 Å². The van der Waals surface area contributed by atoms with Crippen LogP contribution in [0.4, 0.5) is 5.69 Å². The van der Waals surface area contributed by atoms with Crippen LogP contribution in [0.15, 0.2) is 39.4 Å².